The lowest BCUT2D eigenvalue weighted by Crippen LogP contribution is -2.24. The number of rotatable bonds is 5. The molecule has 0 spiro atoms. The minimum atomic E-state index is -0.0481. The summed E-state index contributed by atoms with van der Waals surface area (Å²) in [4.78, 5) is 13.0. The number of nitrogens with zero attached hydrogens (tertiary/aromatic N) is 1. The molecule has 0 aromatic heterocycles. The summed E-state index contributed by atoms with van der Waals surface area (Å²) in [6.07, 6.45) is 0. The van der Waals surface area contributed by atoms with Crippen LogP contribution in [0.4, 0.5) is 5.69 Å². The summed E-state index contributed by atoms with van der Waals surface area (Å²) in [6, 6.07) is 7.84. The minimum absolute atomic E-state index is 0.0481. The van der Waals surface area contributed by atoms with Crippen LogP contribution in [0.1, 0.15) is 12.5 Å². The van der Waals surface area contributed by atoms with Crippen LogP contribution in [0, 0.1) is 0 Å². The summed E-state index contributed by atoms with van der Waals surface area (Å²) in [7, 11) is 2.04. The Morgan fingerprint density at radius 1 is 1.38 bits per heavy atom. The van der Waals surface area contributed by atoms with E-state index in [9.17, 15) is 4.79 Å². The first-order valence-corrected chi connectivity index (χ1v) is 5.37. The topological polar surface area (TPSA) is 58.4 Å². The van der Waals surface area contributed by atoms with Crippen molar-refractivity contribution >= 4 is 11.6 Å². The molecule has 0 saturated carbocycles. The fourth-order valence-corrected chi connectivity index (χ4v) is 1.51. The van der Waals surface area contributed by atoms with Crippen LogP contribution in [0.3, 0.4) is 0 Å². The normalized spacial score (nSPS) is 10.5. The zero-order valence-electron chi connectivity index (χ0n) is 9.86. The van der Waals surface area contributed by atoms with Crippen molar-refractivity contribution in [2.24, 2.45) is 5.73 Å². The van der Waals surface area contributed by atoms with E-state index in [1.807, 2.05) is 31.3 Å². The van der Waals surface area contributed by atoms with Crippen molar-refractivity contribution in [3.63, 3.8) is 0 Å². The standard InChI is InChI=1S/C12H19N3O/c1-10(16)14-12-5-3-11(4-6-12)9-15(2)8-7-13/h3-6H,7-9,13H2,1-2H3,(H,14,16). The van der Waals surface area contributed by atoms with E-state index in [-0.39, 0.29) is 5.91 Å². The van der Waals surface area contributed by atoms with Crippen LogP contribution >= 0.6 is 0 Å². The quantitative estimate of drug-likeness (QED) is 0.781. The van der Waals surface area contributed by atoms with Gasteiger partial charge in [0.2, 0.25) is 5.91 Å². The third kappa shape index (κ3) is 4.42. The van der Waals surface area contributed by atoms with E-state index < -0.39 is 0 Å². The van der Waals surface area contributed by atoms with Gasteiger partial charge in [-0.2, -0.15) is 0 Å². The number of nitrogens with one attached hydrogen (secondary N) is 1. The Kier molecular flexibility index (Phi) is 4.95. The highest BCUT2D eigenvalue weighted by Crippen LogP contribution is 2.10. The van der Waals surface area contributed by atoms with Crippen LogP contribution in [0.2, 0.25) is 0 Å². The molecule has 16 heavy (non-hydrogen) atoms. The Morgan fingerprint density at radius 2 is 2.00 bits per heavy atom. The molecule has 1 aromatic rings. The van der Waals surface area contributed by atoms with Crippen molar-refractivity contribution in [3.05, 3.63) is 29.8 Å². The fourth-order valence-electron chi connectivity index (χ4n) is 1.51. The molecular weight excluding hydrogens is 202 g/mol. The summed E-state index contributed by atoms with van der Waals surface area (Å²) in [5, 5.41) is 2.74. The minimum Gasteiger partial charge on any atom is -0.329 e. The molecule has 0 heterocycles. The number of anilines is 1. The molecule has 0 atom stereocenters. The van der Waals surface area contributed by atoms with E-state index in [0.717, 1.165) is 18.8 Å². The van der Waals surface area contributed by atoms with Crippen LogP contribution in [0.5, 0.6) is 0 Å². The van der Waals surface area contributed by atoms with Gasteiger partial charge in [-0.1, -0.05) is 12.1 Å². The Balaban J connectivity index is 2.54. The maximum absolute atomic E-state index is 10.8. The second-order valence-corrected chi connectivity index (χ2v) is 3.90. The highest BCUT2D eigenvalue weighted by Gasteiger charge is 2.00. The molecule has 0 unspecified atom stereocenters. The molecule has 1 amide bonds. The average Bonchev–Trinajstić information content (AvgIpc) is 2.20. The van der Waals surface area contributed by atoms with Crippen molar-refractivity contribution in [1.82, 2.24) is 4.90 Å². The molecule has 0 fully saturated rings. The second-order valence-electron chi connectivity index (χ2n) is 3.90. The molecular formula is C12H19N3O. The zero-order chi connectivity index (χ0) is 12.0. The molecule has 0 bridgehead atoms. The molecule has 88 valence electrons. The molecule has 1 aromatic carbocycles. The van der Waals surface area contributed by atoms with Gasteiger partial charge in [0.15, 0.2) is 0 Å². The molecule has 4 nitrogen and oxygen atoms in total. The number of carbonyl (C=O) groups is 1. The van der Waals surface area contributed by atoms with E-state index in [1.165, 1.54) is 12.5 Å². The summed E-state index contributed by atoms with van der Waals surface area (Å²) in [6.45, 7) is 3.93. The SMILES string of the molecule is CC(=O)Nc1ccc(CN(C)CCN)cc1. The molecule has 0 radical (unpaired) electrons. The lowest BCUT2D eigenvalue weighted by atomic mass is 10.2. The maximum atomic E-state index is 10.8. The van der Waals surface area contributed by atoms with Gasteiger partial charge in [-0.3, -0.25) is 4.79 Å². The molecule has 0 aliphatic carbocycles. The lowest BCUT2D eigenvalue weighted by molar-refractivity contribution is -0.114. The average molecular weight is 221 g/mol. The highest BCUT2D eigenvalue weighted by molar-refractivity contribution is 5.88. The molecule has 0 saturated heterocycles. The van der Waals surface area contributed by atoms with Crippen LogP contribution in [-0.4, -0.2) is 30.9 Å². The van der Waals surface area contributed by atoms with Gasteiger partial charge in [-0.05, 0) is 24.7 Å². The van der Waals surface area contributed by atoms with E-state index in [2.05, 4.69) is 10.2 Å². The largest absolute Gasteiger partial charge is 0.329 e. The number of likely N-dealkylation sites (N-methyl/N-ethyl adjacent to an activating group) is 1. The monoisotopic (exact) mass is 221 g/mol. The number of carbonyl (C=O) groups excluding carboxylic acids is 1. The number of hydrogen-bond donors (Lipinski definition) is 2. The van der Waals surface area contributed by atoms with Crippen molar-refractivity contribution in [1.29, 1.82) is 0 Å². The Morgan fingerprint density at radius 3 is 2.50 bits per heavy atom. The van der Waals surface area contributed by atoms with Gasteiger partial charge in [0.1, 0.15) is 0 Å². The Hall–Kier alpha value is -1.39. The van der Waals surface area contributed by atoms with Gasteiger partial charge in [-0.25, -0.2) is 0 Å². The van der Waals surface area contributed by atoms with Crippen molar-refractivity contribution < 1.29 is 4.79 Å². The smallest absolute Gasteiger partial charge is 0.221 e. The lowest BCUT2D eigenvalue weighted by Gasteiger charge is -2.15. The Bertz CT molecular complexity index is 335. The third-order valence-corrected chi connectivity index (χ3v) is 2.24. The van der Waals surface area contributed by atoms with Crippen molar-refractivity contribution in [2.75, 3.05) is 25.5 Å². The van der Waals surface area contributed by atoms with Crippen LogP contribution in [-0.2, 0) is 11.3 Å². The van der Waals surface area contributed by atoms with E-state index in [4.69, 9.17) is 5.73 Å². The summed E-state index contributed by atoms with van der Waals surface area (Å²) in [5.74, 6) is -0.0481. The summed E-state index contributed by atoms with van der Waals surface area (Å²) < 4.78 is 0. The molecule has 0 aliphatic heterocycles. The van der Waals surface area contributed by atoms with E-state index in [0.29, 0.717) is 6.54 Å². The molecule has 4 heteroatoms. The van der Waals surface area contributed by atoms with Crippen molar-refractivity contribution in [2.45, 2.75) is 13.5 Å². The van der Waals surface area contributed by atoms with Gasteiger partial charge >= 0.3 is 0 Å². The number of nitrogens with two attached hydrogens (primary N) is 1. The summed E-state index contributed by atoms with van der Waals surface area (Å²) >= 11 is 0. The second kappa shape index (κ2) is 6.25. The third-order valence-electron chi connectivity index (χ3n) is 2.24. The predicted octanol–water partition coefficient (Wildman–Crippen LogP) is 1.04. The number of benzene rings is 1. The maximum Gasteiger partial charge on any atom is 0.221 e. The van der Waals surface area contributed by atoms with E-state index >= 15 is 0 Å². The van der Waals surface area contributed by atoms with Gasteiger partial charge < -0.3 is 16.0 Å². The van der Waals surface area contributed by atoms with Crippen LogP contribution in [0.25, 0.3) is 0 Å². The molecule has 3 N–H and O–H groups in total. The van der Waals surface area contributed by atoms with Gasteiger partial charge in [-0.15, -0.1) is 0 Å². The van der Waals surface area contributed by atoms with Gasteiger partial charge in [0, 0.05) is 32.2 Å². The first kappa shape index (κ1) is 12.7. The zero-order valence-corrected chi connectivity index (χ0v) is 9.86. The number of hydrogen-bond acceptors (Lipinski definition) is 3. The van der Waals surface area contributed by atoms with Crippen LogP contribution in [0.15, 0.2) is 24.3 Å². The highest BCUT2D eigenvalue weighted by atomic mass is 16.1. The summed E-state index contributed by atoms with van der Waals surface area (Å²) in [5.41, 5.74) is 7.52. The molecule has 1 rings (SSSR count). The van der Waals surface area contributed by atoms with Crippen LogP contribution < -0.4 is 11.1 Å². The fraction of sp³-hybridized carbons (Fsp3) is 0.417. The number of amides is 1. The first-order chi connectivity index (χ1) is 7.61. The molecule has 0 aliphatic rings. The van der Waals surface area contributed by atoms with Gasteiger partial charge in [0.05, 0.1) is 0 Å². The van der Waals surface area contributed by atoms with Gasteiger partial charge in [0.25, 0.3) is 0 Å². The Labute approximate surface area is 96.4 Å². The predicted molar refractivity (Wildman–Crippen MR) is 66.1 cm³/mol. The van der Waals surface area contributed by atoms with Crippen molar-refractivity contribution in [3.8, 4) is 0 Å². The first-order valence-electron chi connectivity index (χ1n) is 5.37. The van der Waals surface area contributed by atoms with E-state index in [1.54, 1.807) is 0 Å².